The van der Waals surface area contributed by atoms with E-state index in [1.165, 1.54) is 12.8 Å². The van der Waals surface area contributed by atoms with Crippen molar-refractivity contribution in [3.63, 3.8) is 0 Å². The molecule has 1 saturated heterocycles. The maximum atomic E-state index is 11.6. The quantitative estimate of drug-likeness (QED) is 0.741. The van der Waals surface area contributed by atoms with Gasteiger partial charge in [0.05, 0.1) is 0 Å². The number of hydrogen-bond acceptors (Lipinski definition) is 4. The number of anilines is 1. The van der Waals surface area contributed by atoms with Gasteiger partial charge in [0.2, 0.25) is 0 Å². The monoisotopic (exact) mass is 268 g/mol. The Bertz CT molecular complexity index is 503. The summed E-state index contributed by atoms with van der Waals surface area (Å²) in [5, 5.41) is 0.276. The van der Waals surface area contributed by atoms with Crippen molar-refractivity contribution in [3.05, 3.63) is 21.7 Å². The van der Waals surface area contributed by atoms with E-state index in [0.717, 1.165) is 38.0 Å². The average Bonchev–Trinajstić information content (AvgIpc) is 3.18. The van der Waals surface area contributed by atoms with E-state index in [9.17, 15) is 4.79 Å². The zero-order valence-electron chi connectivity index (χ0n) is 10.5. The van der Waals surface area contributed by atoms with Gasteiger partial charge in [-0.3, -0.25) is 9.47 Å². The van der Waals surface area contributed by atoms with E-state index in [4.69, 9.17) is 11.6 Å². The smallest absolute Gasteiger partial charge is 0.350 e. The first-order chi connectivity index (χ1) is 8.65. The van der Waals surface area contributed by atoms with Crippen LogP contribution in [0.5, 0.6) is 0 Å². The molecule has 2 aliphatic rings. The molecule has 3 rings (SSSR count). The van der Waals surface area contributed by atoms with E-state index in [2.05, 4.69) is 14.8 Å². The van der Waals surface area contributed by atoms with Gasteiger partial charge >= 0.3 is 5.69 Å². The summed E-state index contributed by atoms with van der Waals surface area (Å²) in [6, 6.07) is 2.59. The Morgan fingerprint density at radius 3 is 2.56 bits per heavy atom. The third-order valence-electron chi connectivity index (χ3n) is 3.78. The second-order valence-electron chi connectivity index (χ2n) is 5.03. The van der Waals surface area contributed by atoms with Crippen LogP contribution in [0.15, 0.2) is 10.9 Å². The highest BCUT2D eigenvalue weighted by Gasteiger charge is 2.31. The van der Waals surface area contributed by atoms with Crippen LogP contribution < -0.4 is 10.6 Å². The lowest BCUT2D eigenvalue weighted by atomic mass is 10.3. The van der Waals surface area contributed by atoms with Gasteiger partial charge in [-0.15, -0.1) is 0 Å². The van der Waals surface area contributed by atoms with Crippen LogP contribution in [0.2, 0.25) is 5.15 Å². The molecule has 6 heteroatoms. The Morgan fingerprint density at radius 2 is 1.94 bits per heavy atom. The van der Waals surface area contributed by atoms with Gasteiger partial charge in [0.15, 0.2) is 0 Å². The number of hydrogen-bond donors (Lipinski definition) is 0. The minimum Gasteiger partial charge on any atom is -0.355 e. The molecule has 0 aromatic carbocycles. The van der Waals surface area contributed by atoms with Crippen LogP contribution in [0.4, 0.5) is 5.82 Å². The largest absolute Gasteiger partial charge is 0.355 e. The average molecular weight is 269 g/mol. The van der Waals surface area contributed by atoms with Crippen molar-refractivity contribution in [3.8, 4) is 0 Å². The van der Waals surface area contributed by atoms with Gasteiger partial charge in [0, 0.05) is 45.3 Å². The molecule has 18 heavy (non-hydrogen) atoms. The molecule has 0 bridgehead atoms. The molecule has 1 aliphatic carbocycles. The Kier molecular flexibility index (Phi) is 3.03. The molecule has 1 aromatic heterocycles. The fourth-order valence-corrected chi connectivity index (χ4v) is 2.73. The second kappa shape index (κ2) is 4.55. The van der Waals surface area contributed by atoms with Crippen LogP contribution in [0.1, 0.15) is 12.8 Å². The summed E-state index contributed by atoms with van der Waals surface area (Å²) in [6.07, 6.45) is 2.69. The minimum absolute atomic E-state index is 0.276. The van der Waals surface area contributed by atoms with Gasteiger partial charge in [-0.2, -0.15) is 4.98 Å². The molecule has 1 saturated carbocycles. The summed E-state index contributed by atoms with van der Waals surface area (Å²) in [5.41, 5.74) is -0.290. The van der Waals surface area contributed by atoms with Crippen molar-refractivity contribution < 1.29 is 0 Å². The minimum atomic E-state index is -0.290. The number of aromatic nitrogens is 2. The van der Waals surface area contributed by atoms with Crippen LogP contribution in [0.3, 0.4) is 0 Å². The van der Waals surface area contributed by atoms with Gasteiger partial charge in [-0.05, 0) is 12.8 Å². The standard InChI is InChI=1S/C12H17ClN4O/c1-15-11(8-10(13)14-12(15)18)17-6-4-16(5-7-17)9-2-3-9/h8-9H,2-7H2,1H3. The molecule has 0 radical (unpaired) electrons. The Hall–Kier alpha value is -1.07. The van der Waals surface area contributed by atoms with Crippen LogP contribution in [-0.2, 0) is 7.05 Å². The highest BCUT2D eigenvalue weighted by molar-refractivity contribution is 6.29. The molecule has 0 atom stereocenters. The first kappa shape index (κ1) is 12.0. The fourth-order valence-electron chi connectivity index (χ4n) is 2.56. The maximum absolute atomic E-state index is 11.6. The van der Waals surface area contributed by atoms with Crippen molar-refractivity contribution in [2.24, 2.45) is 7.05 Å². The van der Waals surface area contributed by atoms with E-state index in [-0.39, 0.29) is 10.8 Å². The van der Waals surface area contributed by atoms with Gasteiger partial charge in [0.25, 0.3) is 0 Å². The SMILES string of the molecule is Cn1c(N2CCN(C3CC3)CC2)cc(Cl)nc1=O. The number of rotatable bonds is 2. The molecular formula is C12H17ClN4O. The molecule has 0 N–H and O–H groups in total. The molecule has 2 fully saturated rings. The fraction of sp³-hybridized carbons (Fsp3) is 0.667. The van der Waals surface area contributed by atoms with Gasteiger partial charge in [-0.25, -0.2) is 4.79 Å². The van der Waals surface area contributed by atoms with E-state index in [1.807, 2.05) is 0 Å². The van der Waals surface area contributed by atoms with Gasteiger partial charge in [-0.1, -0.05) is 11.6 Å². The Labute approximate surface area is 111 Å². The first-order valence-corrected chi connectivity index (χ1v) is 6.75. The van der Waals surface area contributed by atoms with Gasteiger partial charge < -0.3 is 4.90 Å². The van der Waals surface area contributed by atoms with Crippen LogP contribution in [0.25, 0.3) is 0 Å². The molecule has 0 spiro atoms. The van der Waals surface area contributed by atoms with Crippen LogP contribution in [0, 0.1) is 0 Å². The predicted molar refractivity (Wildman–Crippen MR) is 71.3 cm³/mol. The van der Waals surface area contributed by atoms with Crippen LogP contribution >= 0.6 is 11.6 Å². The molecule has 1 aliphatic heterocycles. The first-order valence-electron chi connectivity index (χ1n) is 6.38. The van der Waals surface area contributed by atoms with Crippen LogP contribution in [-0.4, -0.2) is 46.7 Å². The van der Waals surface area contributed by atoms with Gasteiger partial charge in [0.1, 0.15) is 11.0 Å². The molecular weight excluding hydrogens is 252 g/mol. The lowest BCUT2D eigenvalue weighted by Gasteiger charge is -2.36. The summed E-state index contributed by atoms with van der Waals surface area (Å²) in [7, 11) is 1.74. The van der Waals surface area contributed by atoms with Crippen molar-refractivity contribution in [2.75, 3.05) is 31.1 Å². The Morgan fingerprint density at radius 1 is 1.28 bits per heavy atom. The Balaban J connectivity index is 1.77. The highest BCUT2D eigenvalue weighted by Crippen LogP contribution is 2.28. The van der Waals surface area contributed by atoms with Crippen molar-refractivity contribution in [1.29, 1.82) is 0 Å². The molecule has 98 valence electrons. The molecule has 1 aromatic rings. The van der Waals surface area contributed by atoms with E-state index in [0.29, 0.717) is 0 Å². The van der Waals surface area contributed by atoms with E-state index in [1.54, 1.807) is 17.7 Å². The summed E-state index contributed by atoms with van der Waals surface area (Å²) in [6.45, 7) is 4.03. The zero-order valence-corrected chi connectivity index (χ0v) is 11.2. The number of nitrogens with zero attached hydrogens (tertiary/aromatic N) is 4. The van der Waals surface area contributed by atoms with E-state index < -0.39 is 0 Å². The topological polar surface area (TPSA) is 41.4 Å². The lowest BCUT2D eigenvalue weighted by Crippen LogP contribution is -2.48. The summed E-state index contributed by atoms with van der Waals surface area (Å²) >= 11 is 5.87. The third kappa shape index (κ3) is 2.24. The van der Waals surface area contributed by atoms with E-state index >= 15 is 0 Å². The third-order valence-corrected chi connectivity index (χ3v) is 3.98. The summed E-state index contributed by atoms with van der Waals surface area (Å²) in [4.78, 5) is 20.1. The summed E-state index contributed by atoms with van der Waals surface area (Å²) in [5.74, 6) is 0.871. The number of halogens is 1. The number of piperazine rings is 1. The summed E-state index contributed by atoms with van der Waals surface area (Å²) < 4.78 is 1.57. The highest BCUT2D eigenvalue weighted by atomic mass is 35.5. The van der Waals surface area contributed by atoms with Crippen molar-refractivity contribution in [2.45, 2.75) is 18.9 Å². The maximum Gasteiger partial charge on any atom is 0.350 e. The normalized spacial score (nSPS) is 21.3. The molecule has 2 heterocycles. The van der Waals surface area contributed by atoms with Crippen molar-refractivity contribution >= 4 is 17.4 Å². The molecule has 5 nitrogen and oxygen atoms in total. The zero-order chi connectivity index (χ0) is 12.7. The van der Waals surface area contributed by atoms with Crippen molar-refractivity contribution in [1.82, 2.24) is 14.5 Å². The lowest BCUT2D eigenvalue weighted by molar-refractivity contribution is 0.247. The predicted octanol–water partition coefficient (Wildman–Crippen LogP) is 0.718. The second-order valence-corrected chi connectivity index (χ2v) is 5.42. The molecule has 0 unspecified atom stereocenters. The molecule has 0 amide bonds.